The molecule has 0 bridgehead atoms. The van der Waals surface area contributed by atoms with Gasteiger partial charge in [0.15, 0.2) is 0 Å². The molecule has 0 saturated heterocycles. The third kappa shape index (κ3) is 1.89. The highest BCUT2D eigenvalue weighted by Gasteiger charge is 2.11. The molecule has 0 spiro atoms. The van der Waals surface area contributed by atoms with E-state index in [9.17, 15) is 14.7 Å². The maximum atomic E-state index is 11.9. The molecule has 2 N–H and O–H groups in total. The fourth-order valence-electron chi connectivity index (χ4n) is 1.82. The van der Waals surface area contributed by atoms with Crippen LogP contribution in [0.4, 0.5) is 0 Å². The molecule has 0 aliphatic rings. The molecule has 1 aromatic heterocycles. The van der Waals surface area contributed by atoms with Crippen molar-refractivity contribution in [3.05, 3.63) is 28.7 Å². The fraction of sp³-hybridized carbons (Fsp3) is 0.273. The predicted molar refractivity (Wildman–Crippen MR) is 61.1 cm³/mol. The van der Waals surface area contributed by atoms with E-state index in [4.69, 9.17) is 5.11 Å². The molecule has 0 saturated carbocycles. The van der Waals surface area contributed by atoms with Crippen LogP contribution in [0.2, 0.25) is 0 Å². The van der Waals surface area contributed by atoms with Gasteiger partial charge in [-0.2, -0.15) is 0 Å². The van der Waals surface area contributed by atoms with Crippen LogP contribution in [0.3, 0.4) is 0 Å². The summed E-state index contributed by atoms with van der Waals surface area (Å²) in [6, 6.07) is 4.57. The quantitative estimate of drug-likeness (QED) is 0.813. The number of phenols is 1. The molecular formula is C11H12N2O4. The Labute approximate surface area is 96.3 Å². The summed E-state index contributed by atoms with van der Waals surface area (Å²) in [7, 11) is 1.61. The molecule has 90 valence electrons. The molecule has 2 aromatic rings. The van der Waals surface area contributed by atoms with E-state index in [-0.39, 0.29) is 24.4 Å². The first kappa shape index (κ1) is 11.3. The minimum absolute atomic E-state index is 0.0483. The second-order valence-electron chi connectivity index (χ2n) is 3.81. The highest BCUT2D eigenvalue weighted by Crippen LogP contribution is 2.18. The summed E-state index contributed by atoms with van der Waals surface area (Å²) in [6.07, 6.45) is -0.130. The van der Waals surface area contributed by atoms with Crippen LogP contribution in [0.5, 0.6) is 5.75 Å². The van der Waals surface area contributed by atoms with Crippen LogP contribution >= 0.6 is 0 Å². The van der Waals surface area contributed by atoms with Gasteiger partial charge < -0.3 is 10.2 Å². The third-order valence-corrected chi connectivity index (χ3v) is 2.68. The minimum Gasteiger partial charge on any atom is -0.508 e. The number of hydrogen-bond donors (Lipinski definition) is 2. The lowest BCUT2D eigenvalue weighted by atomic mass is 10.3. The van der Waals surface area contributed by atoms with Crippen molar-refractivity contribution < 1.29 is 15.0 Å². The molecule has 6 heteroatoms. The van der Waals surface area contributed by atoms with Crippen LogP contribution in [0.25, 0.3) is 11.0 Å². The summed E-state index contributed by atoms with van der Waals surface area (Å²) in [4.78, 5) is 22.4. The molecule has 1 aromatic carbocycles. The Morgan fingerprint density at radius 2 is 2.06 bits per heavy atom. The smallest absolute Gasteiger partial charge is 0.328 e. The third-order valence-electron chi connectivity index (χ3n) is 2.68. The van der Waals surface area contributed by atoms with Crippen molar-refractivity contribution in [1.29, 1.82) is 0 Å². The van der Waals surface area contributed by atoms with E-state index in [1.807, 2.05) is 0 Å². The highest BCUT2D eigenvalue weighted by atomic mass is 16.4. The van der Waals surface area contributed by atoms with Crippen molar-refractivity contribution in [2.45, 2.75) is 13.0 Å². The number of imidazole rings is 1. The topological polar surface area (TPSA) is 84.5 Å². The van der Waals surface area contributed by atoms with Crippen molar-refractivity contribution in [3.63, 3.8) is 0 Å². The van der Waals surface area contributed by atoms with Crippen molar-refractivity contribution in [3.8, 4) is 5.75 Å². The van der Waals surface area contributed by atoms with E-state index in [2.05, 4.69) is 0 Å². The zero-order valence-electron chi connectivity index (χ0n) is 9.25. The van der Waals surface area contributed by atoms with Gasteiger partial charge in [0.25, 0.3) is 0 Å². The predicted octanol–water partition coefficient (Wildman–Crippen LogP) is 0.520. The van der Waals surface area contributed by atoms with E-state index < -0.39 is 5.97 Å². The number of hydrogen-bond acceptors (Lipinski definition) is 3. The largest absolute Gasteiger partial charge is 0.508 e. The Hall–Kier alpha value is -2.24. The van der Waals surface area contributed by atoms with Gasteiger partial charge in [0.2, 0.25) is 0 Å². The number of phenolic OH excluding ortho intramolecular Hbond substituents is 1. The van der Waals surface area contributed by atoms with Crippen LogP contribution in [0.1, 0.15) is 6.42 Å². The summed E-state index contributed by atoms with van der Waals surface area (Å²) in [5.74, 6) is -0.916. The molecule has 0 aliphatic carbocycles. The van der Waals surface area contributed by atoms with Gasteiger partial charge in [-0.1, -0.05) is 0 Å². The summed E-state index contributed by atoms with van der Waals surface area (Å²) >= 11 is 0. The zero-order chi connectivity index (χ0) is 12.6. The first-order valence-corrected chi connectivity index (χ1v) is 5.10. The zero-order valence-corrected chi connectivity index (χ0v) is 9.25. The molecule has 2 rings (SSSR count). The Kier molecular flexibility index (Phi) is 2.63. The van der Waals surface area contributed by atoms with E-state index in [1.54, 1.807) is 13.1 Å². The summed E-state index contributed by atoms with van der Waals surface area (Å²) < 4.78 is 2.78. The number of aromatic hydroxyl groups is 1. The molecule has 0 unspecified atom stereocenters. The lowest BCUT2D eigenvalue weighted by Crippen LogP contribution is -2.23. The van der Waals surface area contributed by atoms with Crippen molar-refractivity contribution >= 4 is 17.0 Å². The van der Waals surface area contributed by atoms with Gasteiger partial charge in [-0.15, -0.1) is 0 Å². The first-order chi connectivity index (χ1) is 8.00. The molecule has 17 heavy (non-hydrogen) atoms. The molecule has 1 heterocycles. The van der Waals surface area contributed by atoms with Gasteiger partial charge in [0.1, 0.15) is 5.75 Å². The number of nitrogens with zero attached hydrogens (tertiary/aromatic N) is 2. The SMILES string of the molecule is Cn1c(=O)n(CCC(=O)O)c2cc(O)ccc21. The van der Waals surface area contributed by atoms with E-state index >= 15 is 0 Å². The maximum Gasteiger partial charge on any atom is 0.328 e. The lowest BCUT2D eigenvalue weighted by Gasteiger charge is -2.00. The van der Waals surface area contributed by atoms with E-state index in [0.717, 1.165) is 0 Å². The van der Waals surface area contributed by atoms with Gasteiger partial charge in [-0.05, 0) is 12.1 Å². The monoisotopic (exact) mass is 236 g/mol. The van der Waals surface area contributed by atoms with Crippen LogP contribution < -0.4 is 5.69 Å². The average Bonchev–Trinajstić information content (AvgIpc) is 2.49. The van der Waals surface area contributed by atoms with Crippen LogP contribution in [-0.4, -0.2) is 25.3 Å². The number of aromatic nitrogens is 2. The Bertz CT molecular complexity index is 639. The Morgan fingerprint density at radius 3 is 2.71 bits per heavy atom. The van der Waals surface area contributed by atoms with Crippen LogP contribution in [0, 0.1) is 0 Å². The molecule has 0 radical (unpaired) electrons. The molecule has 0 atom stereocenters. The molecular weight excluding hydrogens is 224 g/mol. The van der Waals surface area contributed by atoms with Crippen molar-refractivity contribution in [2.24, 2.45) is 7.05 Å². The normalized spacial score (nSPS) is 10.9. The number of aliphatic carboxylic acids is 1. The maximum absolute atomic E-state index is 11.9. The average molecular weight is 236 g/mol. The van der Waals surface area contributed by atoms with Gasteiger partial charge in [-0.25, -0.2) is 4.79 Å². The van der Waals surface area contributed by atoms with E-state index in [1.165, 1.54) is 21.3 Å². The van der Waals surface area contributed by atoms with Crippen molar-refractivity contribution in [2.75, 3.05) is 0 Å². The summed E-state index contributed by atoms with van der Waals surface area (Å²) in [5.41, 5.74) is 0.920. The highest BCUT2D eigenvalue weighted by molar-refractivity contribution is 5.78. The second-order valence-corrected chi connectivity index (χ2v) is 3.81. The van der Waals surface area contributed by atoms with Gasteiger partial charge in [0.05, 0.1) is 17.5 Å². The molecule has 6 nitrogen and oxygen atoms in total. The number of fused-ring (bicyclic) bond motifs is 1. The number of benzene rings is 1. The molecule has 0 fully saturated rings. The second kappa shape index (κ2) is 3.97. The number of aryl methyl sites for hydroxylation is 2. The van der Waals surface area contributed by atoms with Crippen molar-refractivity contribution in [1.82, 2.24) is 9.13 Å². The van der Waals surface area contributed by atoms with Crippen LogP contribution in [0.15, 0.2) is 23.0 Å². The van der Waals surface area contributed by atoms with Gasteiger partial charge in [-0.3, -0.25) is 13.9 Å². The number of carboxylic acids is 1. The molecule has 0 aliphatic heterocycles. The summed E-state index contributed by atoms with van der Waals surface area (Å²) in [6.45, 7) is 0.0922. The van der Waals surface area contributed by atoms with Gasteiger partial charge >= 0.3 is 11.7 Å². The minimum atomic E-state index is -0.964. The number of rotatable bonds is 3. The summed E-state index contributed by atoms with van der Waals surface area (Å²) in [5, 5.41) is 18.0. The standard InChI is InChI=1S/C11H12N2O4/c1-12-8-3-2-7(14)6-9(8)13(11(12)17)5-4-10(15)16/h2-3,6,14H,4-5H2,1H3,(H,15,16). The Balaban J connectivity index is 2.60. The fourth-order valence-corrected chi connectivity index (χ4v) is 1.82. The Morgan fingerprint density at radius 1 is 1.35 bits per heavy atom. The number of carbonyl (C=O) groups is 1. The van der Waals surface area contributed by atoms with E-state index in [0.29, 0.717) is 11.0 Å². The molecule has 0 amide bonds. The number of carboxylic acid groups (broad SMARTS) is 1. The van der Waals surface area contributed by atoms with Gasteiger partial charge in [0, 0.05) is 19.7 Å². The van der Waals surface area contributed by atoms with Crippen LogP contribution in [-0.2, 0) is 18.4 Å². The first-order valence-electron chi connectivity index (χ1n) is 5.10. The lowest BCUT2D eigenvalue weighted by molar-refractivity contribution is -0.137.